The fourth-order valence-electron chi connectivity index (χ4n) is 6.54. The van der Waals surface area contributed by atoms with Crippen molar-refractivity contribution in [2.45, 2.75) is 109 Å². The van der Waals surface area contributed by atoms with Crippen molar-refractivity contribution in [3.8, 4) is 0 Å². The Morgan fingerprint density at radius 3 is 1.57 bits per heavy atom. The zero-order valence-electron chi connectivity index (χ0n) is 36.3. The molecule has 21 nitrogen and oxygen atoms in total. The van der Waals surface area contributed by atoms with E-state index >= 15 is 0 Å². The summed E-state index contributed by atoms with van der Waals surface area (Å²) >= 11 is 0. The summed E-state index contributed by atoms with van der Waals surface area (Å²) in [6, 6.07) is 9.21. The van der Waals surface area contributed by atoms with E-state index in [1.54, 1.807) is 74.5 Å². The van der Waals surface area contributed by atoms with Gasteiger partial charge in [-0.15, -0.1) is 0 Å². The average Bonchev–Trinajstić information content (AvgIpc) is 3.22. The van der Waals surface area contributed by atoms with Crippen LogP contribution in [0.1, 0.15) is 71.0 Å². The predicted molar refractivity (Wildman–Crippen MR) is 231 cm³/mol. The van der Waals surface area contributed by atoms with Crippen LogP contribution in [0.5, 0.6) is 0 Å². The molecule has 7 amide bonds. The summed E-state index contributed by atoms with van der Waals surface area (Å²) in [7, 11) is 0. The topological polar surface area (TPSA) is 336 Å². The molecule has 0 saturated heterocycles. The number of carboxylic acid groups (broad SMARTS) is 3. The number of aliphatic carboxylic acids is 3. The standard InChI is InChI=1S/C44H55N7O14/c1-22(2)17-30(49-42(62)36(24(4)52)51-43(63)37(46-25(5)53)29-16-15-27-13-9-10-14-28(27)19-29)40(60)48-31(20-34(54)55)39(59)45-23(3)38(58)47-32(21-35(56)57)41(61)50-33(44(64)65)18-26-11-7-6-8-12-26/h6-16,19,22-24,30-33,36-37,52H,17-18,20-21H2,1-5H3,(H,45,59)(H,46,53)(H,47,58)(H,48,60)(H,49,62)(H,50,61)(H,51,63)(H,54,55)(H,56,57)(H,64,65)/t23-,24-,30-,31-,32-,33-,36-,37-/m0/s1. The molecule has 0 aliphatic heterocycles. The SMILES string of the molecule is CC(=O)N[C@H](C(=O)N[C@H](C(=O)N[C@@H](CC(C)C)C(=O)N[C@@H](CC(=O)O)C(=O)N[C@@H](C)C(=O)N[C@@H](CC(=O)O)C(=O)N[C@@H](Cc1ccccc1)C(=O)O)[C@H](C)O)c1ccc2ccccc2c1. The summed E-state index contributed by atoms with van der Waals surface area (Å²) in [5, 5.41) is 57.2. The molecule has 65 heavy (non-hydrogen) atoms. The number of aliphatic hydroxyl groups excluding tert-OH is 1. The zero-order chi connectivity index (χ0) is 48.5. The number of fused-ring (bicyclic) bond motifs is 1. The second kappa shape index (κ2) is 24.4. The maximum absolute atomic E-state index is 13.7. The van der Waals surface area contributed by atoms with Crippen molar-refractivity contribution in [1.82, 2.24) is 37.2 Å². The zero-order valence-corrected chi connectivity index (χ0v) is 36.3. The van der Waals surface area contributed by atoms with Crippen molar-refractivity contribution in [3.05, 3.63) is 83.9 Å². The highest BCUT2D eigenvalue weighted by Gasteiger charge is 2.36. The molecule has 3 aromatic carbocycles. The largest absolute Gasteiger partial charge is 0.481 e. The third kappa shape index (κ3) is 16.7. The van der Waals surface area contributed by atoms with Gasteiger partial charge in [0, 0.05) is 13.3 Å². The minimum Gasteiger partial charge on any atom is -0.481 e. The van der Waals surface area contributed by atoms with E-state index in [4.69, 9.17) is 0 Å². The second-order valence-corrected chi connectivity index (χ2v) is 15.8. The number of carbonyl (C=O) groups excluding carboxylic acids is 7. The molecule has 0 radical (unpaired) electrons. The van der Waals surface area contributed by atoms with E-state index in [0.29, 0.717) is 11.1 Å². The van der Waals surface area contributed by atoms with Gasteiger partial charge in [0.05, 0.1) is 18.9 Å². The fourth-order valence-corrected chi connectivity index (χ4v) is 6.54. The van der Waals surface area contributed by atoms with E-state index in [1.807, 2.05) is 12.1 Å². The van der Waals surface area contributed by atoms with Crippen molar-refractivity contribution in [2.24, 2.45) is 5.92 Å². The molecule has 0 unspecified atom stereocenters. The number of amides is 7. The Kier molecular flexibility index (Phi) is 19.5. The first-order valence-electron chi connectivity index (χ1n) is 20.5. The minimum atomic E-state index is -1.87. The van der Waals surface area contributed by atoms with Crippen LogP contribution < -0.4 is 37.2 Å². The number of carboxylic acids is 3. The number of carbonyl (C=O) groups is 10. The van der Waals surface area contributed by atoms with Gasteiger partial charge >= 0.3 is 17.9 Å². The molecule has 3 rings (SSSR count). The molecule has 0 saturated carbocycles. The van der Waals surface area contributed by atoms with Crippen molar-refractivity contribution in [2.75, 3.05) is 0 Å². The van der Waals surface area contributed by atoms with Crippen molar-refractivity contribution < 1.29 is 68.4 Å². The molecule has 0 spiro atoms. The van der Waals surface area contributed by atoms with Gasteiger partial charge in [-0.2, -0.15) is 0 Å². The minimum absolute atomic E-state index is 0.0923. The molecule has 0 fully saturated rings. The number of aliphatic hydroxyl groups is 1. The lowest BCUT2D eigenvalue weighted by atomic mass is 9.99. The maximum Gasteiger partial charge on any atom is 0.326 e. The molecule has 350 valence electrons. The van der Waals surface area contributed by atoms with Crippen LogP contribution in [0.2, 0.25) is 0 Å². The van der Waals surface area contributed by atoms with E-state index in [9.17, 15) is 68.4 Å². The van der Waals surface area contributed by atoms with Crippen molar-refractivity contribution >= 4 is 70.0 Å². The van der Waals surface area contributed by atoms with Gasteiger partial charge in [-0.05, 0) is 54.2 Å². The Balaban J connectivity index is 1.75. The molecule has 11 N–H and O–H groups in total. The molecular formula is C44H55N7O14. The summed E-state index contributed by atoms with van der Waals surface area (Å²) in [6.07, 6.45) is -3.84. The third-order valence-corrected chi connectivity index (χ3v) is 9.79. The lowest BCUT2D eigenvalue weighted by molar-refractivity contribution is -0.143. The summed E-state index contributed by atoms with van der Waals surface area (Å²) in [5.41, 5.74) is 0.900. The molecule has 0 aliphatic rings. The van der Waals surface area contributed by atoms with Crippen molar-refractivity contribution in [1.29, 1.82) is 0 Å². The first-order valence-corrected chi connectivity index (χ1v) is 20.5. The summed E-state index contributed by atoms with van der Waals surface area (Å²) in [4.78, 5) is 128. The Labute approximate surface area is 373 Å². The van der Waals surface area contributed by atoms with Crippen LogP contribution in [0.25, 0.3) is 10.8 Å². The Morgan fingerprint density at radius 1 is 0.523 bits per heavy atom. The molecule has 0 heterocycles. The van der Waals surface area contributed by atoms with E-state index in [2.05, 4.69) is 37.2 Å². The van der Waals surface area contributed by atoms with Crippen molar-refractivity contribution in [3.63, 3.8) is 0 Å². The van der Waals surface area contributed by atoms with Gasteiger partial charge in [-0.25, -0.2) is 4.79 Å². The van der Waals surface area contributed by atoms with E-state index < -0.39 is 120 Å². The van der Waals surface area contributed by atoms with Gasteiger partial charge in [-0.3, -0.25) is 43.2 Å². The van der Waals surface area contributed by atoms with E-state index in [-0.39, 0.29) is 18.8 Å². The molecule has 0 aliphatic carbocycles. The highest BCUT2D eigenvalue weighted by molar-refractivity contribution is 5.99. The molecule has 8 atom stereocenters. The van der Waals surface area contributed by atoms with Crippen LogP contribution in [0.4, 0.5) is 0 Å². The number of hydrogen-bond donors (Lipinski definition) is 11. The maximum atomic E-state index is 13.7. The molecule has 3 aromatic rings. The van der Waals surface area contributed by atoms with Crippen LogP contribution >= 0.6 is 0 Å². The number of nitrogens with one attached hydrogen (secondary N) is 7. The Morgan fingerprint density at radius 2 is 1.03 bits per heavy atom. The highest BCUT2D eigenvalue weighted by Crippen LogP contribution is 2.21. The van der Waals surface area contributed by atoms with Gasteiger partial charge in [0.25, 0.3) is 0 Å². The number of benzene rings is 3. The van der Waals surface area contributed by atoms with Crippen LogP contribution in [0, 0.1) is 5.92 Å². The average molecular weight is 906 g/mol. The van der Waals surface area contributed by atoms with Gasteiger partial charge < -0.3 is 57.6 Å². The molecule has 0 bridgehead atoms. The van der Waals surface area contributed by atoms with Crippen LogP contribution in [0.15, 0.2) is 72.8 Å². The third-order valence-electron chi connectivity index (χ3n) is 9.79. The number of hydrogen-bond acceptors (Lipinski definition) is 11. The molecule has 0 aromatic heterocycles. The fraction of sp³-hybridized carbons (Fsp3) is 0.409. The lowest BCUT2D eigenvalue weighted by Crippen LogP contribution is -2.60. The highest BCUT2D eigenvalue weighted by atomic mass is 16.4. The van der Waals surface area contributed by atoms with Gasteiger partial charge in [0.2, 0.25) is 41.4 Å². The Bertz CT molecular complexity index is 2240. The smallest absolute Gasteiger partial charge is 0.326 e. The normalized spacial score (nSPS) is 14.7. The van der Waals surface area contributed by atoms with Gasteiger partial charge in [-0.1, -0.05) is 80.6 Å². The first kappa shape index (κ1) is 51.9. The van der Waals surface area contributed by atoms with E-state index in [0.717, 1.165) is 17.7 Å². The number of rotatable bonds is 24. The lowest BCUT2D eigenvalue weighted by Gasteiger charge is -2.28. The van der Waals surface area contributed by atoms with Gasteiger partial charge in [0.15, 0.2) is 0 Å². The first-order chi connectivity index (χ1) is 30.6. The molecular weight excluding hydrogens is 851 g/mol. The van der Waals surface area contributed by atoms with Crippen LogP contribution in [-0.4, -0.2) is 122 Å². The quantitative estimate of drug-likeness (QED) is 0.0548. The van der Waals surface area contributed by atoms with Gasteiger partial charge in [0.1, 0.15) is 42.3 Å². The summed E-state index contributed by atoms with van der Waals surface area (Å²) in [6.45, 7) is 6.88. The summed E-state index contributed by atoms with van der Waals surface area (Å²) < 4.78 is 0. The van der Waals surface area contributed by atoms with E-state index in [1.165, 1.54) is 13.8 Å². The summed E-state index contributed by atoms with van der Waals surface area (Å²) in [5.74, 6) is -11.9. The van der Waals surface area contributed by atoms with Crippen LogP contribution in [-0.2, 0) is 54.4 Å². The second-order valence-electron chi connectivity index (χ2n) is 15.8. The predicted octanol–water partition coefficient (Wildman–Crippen LogP) is -0.351. The monoisotopic (exact) mass is 905 g/mol. The molecule has 21 heteroatoms. The Hall–Kier alpha value is -7.42. The van der Waals surface area contributed by atoms with Crippen LogP contribution in [0.3, 0.4) is 0 Å².